The Bertz CT molecular complexity index is 742. The van der Waals surface area contributed by atoms with Crippen molar-refractivity contribution in [3.8, 4) is 11.5 Å². The van der Waals surface area contributed by atoms with Crippen molar-refractivity contribution in [3.63, 3.8) is 0 Å². The average molecular weight is 365 g/mol. The number of carbonyl (C=O) groups is 2. The smallest absolute Gasteiger partial charge is 0.307 e. The molecule has 1 aliphatic heterocycles. The molecule has 0 aliphatic carbocycles. The van der Waals surface area contributed by atoms with Crippen LogP contribution in [-0.4, -0.2) is 40.4 Å². The van der Waals surface area contributed by atoms with Crippen LogP contribution in [0.1, 0.15) is 12.0 Å². The molecule has 0 saturated carbocycles. The van der Waals surface area contributed by atoms with E-state index < -0.39 is 5.97 Å². The van der Waals surface area contributed by atoms with E-state index >= 15 is 0 Å². The van der Waals surface area contributed by atoms with E-state index in [9.17, 15) is 9.59 Å². The summed E-state index contributed by atoms with van der Waals surface area (Å²) in [6.07, 6.45) is 4.30. The first-order valence-electron chi connectivity index (χ1n) is 6.83. The summed E-state index contributed by atoms with van der Waals surface area (Å²) in [6.45, 7) is 0. The zero-order valence-electron chi connectivity index (χ0n) is 13.0. The molecular weight excluding hydrogens is 350 g/mol. The lowest BCUT2D eigenvalue weighted by molar-refractivity contribution is -0.136. The summed E-state index contributed by atoms with van der Waals surface area (Å²) in [7, 11) is 3.08. The quantitative estimate of drug-likeness (QED) is 0.613. The molecule has 2 rings (SSSR count). The number of rotatable bonds is 6. The van der Waals surface area contributed by atoms with Crippen LogP contribution in [0.5, 0.6) is 11.5 Å². The van der Waals surface area contributed by atoms with Gasteiger partial charge in [-0.15, -0.1) is 0 Å². The molecule has 1 saturated heterocycles. The minimum atomic E-state index is -0.974. The Morgan fingerprint density at radius 3 is 2.67 bits per heavy atom. The number of thioether (sulfide) groups is 1. The molecule has 0 radical (unpaired) electrons. The van der Waals surface area contributed by atoms with Crippen LogP contribution in [0.2, 0.25) is 0 Å². The molecule has 0 bridgehead atoms. The number of methoxy groups -OCH3 is 2. The number of benzene rings is 1. The summed E-state index contributed by atoms with van der Waals surface area (Å²) in [4.78, 5) is 24.6. The Balaban J connectivity index is 2.22. The van der Waals surface area contributed by atoms with Crippen LogP contribution < -0.4 is 9.47 Å². The number of hydrogen-bond acceptors (Lipinski definition) is 6. The van der Waals surface area contributed by atoms with E-state index in [0.29, 0.717) is 20.7 Å². The van der Waals surface area contributed by atoms with Crippen LogP contribution in [0.4, 0.5) is 0 Å². The summed E-state index contributed by atoms with van der Waals surface area (Å²) in [5.41, 5.74) is 0.766. The lowest BCUT2D eigenvalue weighted by Gasteiger charge is -2.08. The second-order valence-electron chi connectivity index (χ2n) is 4.65. The lowest BCUT2D eigenvalue weighted by Crippen LogP contribution is -2.21. The zero-order chi connectivity index (χ0) is 17.7. The number of carboxylic acid groups (broad SMARTS) is 1. The Kier molecular flexibility index (Phi) is 5.99. The third-order valence-electron chi connectivity index (χ3n) is 3.08. The topological polar surface area (TPSA) is 76.1 Å². The molecule has 0 spiro atoms. The molecule has 1 amide bonds. The van der Waals surface area contributed by atoms with Gasteiger partial charge in [-0.25, -0.2) is 0 Å². The fourth-order valence-corrected chi connectivity index (χ4v) is 3.19. The van der Waals surface area contributed by atoms with Crippen molar-refractivity contribution >= 4 is 46.3 Å². The Morgan fingerprint density at radius 1 is 1.33 bits per heavy atom. The highest BCUT2D eigenvalue weighted by molar-refractivity contribution is 8.26. The summed E-state index contributed by atoms with van der Waals surface area (Å²) in [5, 5.41) is 8.63. The zero-order valence-corrected chi connectivity index (χ0v) is 14.6. The van der Waals surface area contributed by atoms with E-state index in [4.69, 9.17) is 26.8 Å². The van der Waals surface area contributed by atoms with Gasteiger partial charge in [0.1, 0.15) is 0 Å². The average Bonchev–Trinajstić information content (AvgIpc) is 2.81. The molecule has 0 unspecified atom stereocenters. The van der Waals surface area contributed by atoms with Gasteiger partial charge in [0.15, 0.2) is 15.8 Å². The maximum Gasteiger partial charge on any atom is 0.307 e. The van der Waals surface area contributed by atoms with Gasteiger partial charge in [-0.1, -0.05) is 36.1 Å². The number of amides is 1. The van der Waals surface area contributed by atoms with E-state index in [1.54, 1.807) is 31.4 Å². The number of carbonyl (C=O) groups excluding carboxylic acids is 1. The number of thiocarbonyl (C=S) groups is 1. The maximum atomic E-state index is 12.4. The number of nitrogens with zero attached hydrogens (tertiary/aromatic N) is 1. The SMILES string of the molecule is COc1ccc(/C=C2\SC(=S)N(/C=C/CC(=O)O)C2=O)cc1OC. The fraction of sp³-hybridized carbons (Fsp3) is 0.188. The third kappa shape index (κ3) is 4.15. The van der Waals surface area contributed by atoms with Crippen LogP contribution in [0.15, 0.2) is 35.4 Å². The van der Waals surface area contributed by atoms with Crippen LogP contribution in [-0.2, 0) is 9.59 Å². The molecule has 1 heterocycles. The van der Waals surface area contributed by atoms with Crippen molar-refractivity contribution in [2.75, 3.05) is 14.2 Å². The largest absolute Gasteiger partial charge is 0.493 e. The van der Waals surface area contributed by atoms with Gasteiger partial charge in [0, 0.05) is 6.20 Å². The van der Waals surface area contributed by atoms with Crippen molar-refractivity contribution in [1.29, 1.82) is 0 Å². The van der Waals surface area contributed by atoms with Crippen molar-refractivity contribution < 1.29 is 24.2 Å². The van der Waals surface area contributed by atoms with Crippen LogP contribution >= 0.6 is 24.0 Å². The number of carboxylic acids is 1. The predicted molar refractivity (Wildman–Crippen MR) is 96.0 cm³/mol. The molecule has 1 aromatic rings. The molecule has 8 heteroatoms. The predicted octanol–water partition coefficient (Wildman–Crippen LogP) is 2.89. The number of ether oxygens (including phenoxy) is 2. The molecule has 1 fully saturated rings. The van der Waals surface area contributed by atoms with Crippen molar-refractivity contribution in [2.45, 2.75) is 6.42 Å². The molecule has 1 aliphatic rings. The molecule has 24 heavy (non-hydrogen) atoms. The lowest BCUT2D eigenvalue weighted by atomic mass is 10.2. The summed E-state index contributed by atoms with van der Waals surface area (Å²) >= 11 is 6.32. The highest BCUT2D eigenvalue weighted by Crippen LogP contribution is 2.34. The summed E-state index contributed by atoms with van der Waals surface area (Å²) < 4.78 is 10.8. The molecule has 1 aromatic carbocycles. The number of aliphatic carboxylic acids is 1. The minimum Gasteiger partial charge on any atom is -0.493 e. The van der Waals surface area contributed by atoms with Gasteiger partial charge in [-0.3, -0.25) is 14.5 Å². The highest BCUT2D eigenvalue weighted by atomic mass is 32.2. The maximum absolute atomic E-state index is 12.4. The fourth-order valence-electron chi connectivity index (χ4n) is 1.96. The van der Waals surface area contributed by atoms with Gasteiger partial charge in [-0.2, -0.15) is 0 Å². The van der Waals surface area contributed by atoms with E-state index in [0.717, 1.165) is 17.3 Å². The van der Waals surface area contributed by atoms with Gasteiger partial charge in [0.2, 0.25) is 0 Å². The first-order chi connectivity index (χ1) is 11.5. The molecule has 6 nitrogen and oxygen atoms in total. The minimum absolute atomic E-state index is 0.175. The van der Waals surface area contributed by atoms with Crippen LogP contribution in [0, 0.1) is 0 Å². The first-order valence-corrected chi connectivity index (χ1v) is 8.06. The van der Waals surface area contributed by atoms with Gasteiger partial charge in [0.25, 0.3) is 5.91 Å². The van der Waals surface area contributed by atoms with Gasteiger partial charge in [0.05, 0.1) is 25.5 Å². The third-order valence-corrected chi connectivity index (χ3v) is 4.41. The first kappa shape index (κ1) is 18.0. The van der Waals surface area contributed by atoms with Crippen LogP contribution in [0.3, 0.4) is 0 Å². The Hall–Kier alpha value is -2.32. The van der Waals surface area contributed by atoms with Crippen molar-refractivity contribution in [2.24, 2.45) is 0 Å². The van der Waals surface area contributed by atoms with E-state index in [-0.39, 0.29) is 12.3 Å². The Morgan fingerprint density at radius 2 is 2.04 bits per heavy atom. The second kappa shape index (κ2) is 7.98. The normalized spacial score (nSPS) is 16.2. The molecule has 0 aromatic heterocycles. The van der Waals surface area contributed by atoms with E-state index in [1.807, 2.05) is 0 Å². The summed E-state index contributed by atoms with van der Waals surface area (Å²) in [5.74, 6) is -0.110. The van der Waals surface area contributed by atoms with Gasteiger partial charge < -0.3 is 14.6 Å². The van der Waals surface area contributed by atoms with Gasteiger partial charge in [-0.05, 0) is 23.8 Å². The Labute approximate surface area is 148 Å². The van der Waals surface area contributed by atoms with Crippen molar-refractivity contribution in [1.82, 2.24) is 4.90 Å². The van der Waals surface area contributed by atoms with E-state index in [1.165, 1.54) is 24.3 Å². The van der Waals surface area contributed by atoms with Crippen molar-refractivity contribution in [3.05, 3.63) is 40.9 Å². The second-order valence-corrected chi connectivity index (χ2v) is 6.32. The summed E-state index contributed by atoms with van der Waals surface area (Å²) in [6, 6.07) is 5.30. The monoisotopic (exact) mass is 365 g/mol. The number of hydrogen-bond donors (Lipinski definition) is 1. The molecule has 0 atom stereocenters. The molecule has 126 valence electrons. The highest BCUT2D eigenvalue weighted by Gasteiger charge is 2.30. The molecular formula is C16H15NO5S2. The van der Waals surface area contributed by atoms with E-state index in [2.05, 4.69) is 0 Å². The standard InChI is InChI=1S/C16H15NO5S2/c1-21-11-6-5-10(8-12(11)22-2)9-13-15(20)17(16(23)24-13)7-3-4-14(18)19/h3,5-9H,4H2,1-2H3,(H,18,19)/b7-3+,13-9-. The van der Waals surface area contributed by atoms with Gasteiger partial charge >= 0.3 is 5.97 Å². The van der Waals surface area contributed by atoms with Crippen LogP contribution in [0.25, 0.3) is 6.08 Å². The molecule has 1 N–H and O–H groups in total.